The van der Waals surface area contributed by atoms with Crippen molar-refractivity contribution in [3.05, 3.63) is 101 Å². The smallest absolute Gasteiger partial charge is 0.256 e. The van der Waals surface area contributed by atoms with Crippen LogP contribution in [0.4, 0.5) is 10.1 Å². The molecule has 1 atom stereocenters. The number of halogens is 1. The van der Waals surface area contributed by atoms with Gasteiger partial charge in [0.15, 0.2) is 0 Å². The van der Waals surface area contributed by atoms with Gasteiger partial charge in [-0.2, -0.15) is 0 Å². The Morgan fingerprint density at radius 3 is 2.48 bits per heavy atom. The van der Waals surface area contributed by atoms with Crippen LogP contribution in [0.5, 0.6) is 0 Å². The number of rotatable bonds is 4. The lowest BCUT2D eigenvalue weighted by Crippen LogP contribution is -2.31. The van der Waals surface area contributed by atoms with Crippen LogP contribution in [0.3, 0.4) is 0 Å². The van der Waals surface area contributed by atoms with Gasteiger partial charge in [-0.25, -0.2) is 4.39 Å². The maximum atomic E-state index is 13.5. The zero-order valence-corrected chi connectivity index (χ0v) is 13.5. The first kappa shape index (κ1) is 15.4. The number of fused-ring (bicyclic) bond motifs is 1. The van der Waals surface area contributed by atoms with Crippen molar-refractivity contribution in [2.24, 2.45) is 0 Å². The lowest BCUT2D eigenvalue weighted by Gasteiger charge is -2.27. The highest BCUT2D eigenvalue weighted by Crippen LogP contribution is 2.35. The molecule has 0 unspecified atom stereocenters. The average molecular weight is 332 g/mol. The SMILES string of the molecule is O=C1c2ccccc2[C@@H](Nc2cccc(F)c2)N1Cc1ccccc1. The summed E-state index contributed by atoms with van der Waals surface area (Å²) in [6.07, 6.45) is -0.328. The highest BCUT2D eigenvalue weighted by atomic mass is 19.1. The molecule has 124 valence electrons. The molecule has 3 nitrogen and oxygen atoms in total. The Balaban J connectivity index is 1.70. The summed E-state index contributed by atoms with van der Waals surface area (Å²) in [4.78, 5) is 14.7. The third kappa shape index (κ3) is 2.98. The van der Waals surface area contributed by atoms with Crippen LogP contribution in [0, 0.1) is 5.82 Å². The molecular weight excluding hydrogens is 315 g/mol. The lowest BCUT2D eigenvalue weighted by molar-refractivity contribution is 0.0729. The molecule has 1 N–H and O–H groups in total. The average Bonchev–Trinajstić information content (AvgIpc) is 2.89. The third-order valence-electron chi connectivity index (χ3n) is 4.38. The van der Waals surface area contributed by atoms with Gasteiger partial charge in [-0.1, -0.05) is 54.6 Å². The van der Waals surface area contributed by atoms with E-state index in [2.05, 4.69) is 5.32 Å². The number of carbonyl (C=O) groups excluding carboxylic acids is 1. The monoisotopic (exact) mass is 332 g/mol. The van der Waals surface area contributed by atoms with Gasteiger partial charge in [0.25, 0.3) is 5.91 Å². The predicted octanol–water partition coefficient (Wildman–Crippen LogP) is 4.59. The number of carbonyl (C=O) groups is 1. The van der Waals surface area contributed by atoms with Crippen LogP contribution in [-0.4, -0.2) is 10.8 Å². The Morgan fingerprint density at radius 2 is 1.68 bits per heavy atom. The van der Waals surface area contributed by atoms with Crippen LogP contribution in [0.2, 0.25) is 0 Å². The molecule has 1 aliphatic heterocycles. The molecule has 4 heteroatoms. The Morgan fingerprint density at radius 1 is 0.920 bits per heavy atom. The molecule has 0 bridgehead atoms. The first-order valence-corrected chi connectivity index (χ1v) is 8.18. The van der Waals surface area contributed by atoms with E-state index in [4.69, 9.17) is 0 Å². The summed E-state index contributed by atoms with van der Waals surface area (Å²) >= 11 is 0. The Hall–Kier alpha value is -3.14. The summed E-state index contributed by atoms with van der Waals surface area (Å²) < 4.78 is 13.5. The Kier molecular flexibility index (Phi) is 3.94. The molecule has 1 heterocycles. The highest BCUT2D eigenvalue weighted by Gasteiger charge is 2.36. The van der Waals surface area contributed by atoms with Gasteiger partial charge in [0.2, 0.25) is 0 Å². The fraction of sp³-hybridized carbons (Fsp3) is 0.0952. The van der Waals surface area contributed by atoms with Crippen LogP contribution in [0.1, 0.15) is 27.7 Å². The molecule has 4 rings (SSSR count). The van der Waals surface area contributed by atoms with E-state index >= 15 is 0 Å². The number of nitrogens with one attached hydrogen (secondary N) is 1. The molecule has 3 aromatic carbocycles. The molecule has 25 heavy (non-hydrogen) atoms. The zero-order chi connectivity index (χ0) is 17.2. The fourth-order valence-corrected chi connectivity index (χ4v) is 3.21. The zero-order valence-electron chi connectivity index (χ0n) is 13.5. The van der Waals surface area contributed by atoms with Gasteiger partial charge in [-0.05, 0) is 29.8 Å². The van der Waals surface area contributed by atoms with E-state index < -0.39 is 0 Å². The summed E-state index contributed by atoms with van der Waals surface area (Å²) in [6, 6.07) is 23.7. The first-order valence-electron chi connectivity index (χ1n) is 8.18. The van der Waals surface area contributed by atoms with Gasteiger partial charge in [0.1, 0.15) is 12.0 Å². The Bertz CT molecular complexity index is 911. The van der Waals surface area contributed by atoms with Crippen molar-refractivity contribution in [2.75, 3.05) is 5.32 Å². The molecule has 1 amide bonds. The van der Waals surface area contributed by atoms with Crippen LogP contribution < -0.4 is 5.32 Å². The van der Waals surface area contributed by atoms with E-state index in [-0.39, 0.29) is 17.9 Å². The van der Waals surface area contributed by atoms with Gasteiger partial charge in [-0.3, -0.25) is 4.79 Å². The topological polar surface area (TPSA) is 32.3 Å². The van der Waals surface area contributed by atoms with Gasteiger partial charge in [0.05, 0.1) is 0 Å². The summed E-state index contributed by atoms with van der Waals surface area (Å²) in [6.45, 7) is 0.487. The number of amides is 1. The summed E-state index contributed by atoms with van der Waals surface area (Å²) in [5, 5.41) is 3.30. The molecule has 0 saturated carbocycles. The molecule has 0 aromatic heterocycles. The standard InChI is InChI=1S/C21H17FN2O/c22-16-9-6-10-17(13-16)23-20-18-11-4-5-12-19(18)21(25)24(20)14-15-7-2-1-3-8-15/h1-13,20,23H,14H2/t20-/m0/s1. The van der Waals surface area contributed by atoms with Crippen molar-refractivity contribution in [3.63, 3.8) is 0 Å². The van der Waals surface area contributed by atoms with Gasteiger partial charge >= 0.3 is 0 Å². The number of nitrogens with zero attached hydrogens (tertiary/aromatic N) is 1. The molecule has 0 saturated heterocycles. The van der Waals surface area contributed by atoms with E-state index in [1.165, 1.54) is 12.1 Å². The van der Waals surface area contributed by atoms with Crippen LogP contribution in [0.25, 0.3) is 0 Å². The van der Waals surface area contributed by atoms with Crippen LogP contribution in [-0.2, 0) is 6.54 Å². The number of benzene rings is 3. The van der Waals surface area contributed by atoms with Crippen LogP contribution in [0.15, 0.2) is 78.9 Å². The van der Waals surface area contributed by atoms with Crippen molar-refractivity contribution in [2.45, 2.75) is 12.7 Å². The van der Waals surface area contributed by atoms with E-state index in [9.17, 15) is 9.18 Å². The first-order chi connectivity index (χ1) is 12.2. The fourth-order valence-electron chi connectivity index (χ4n) is 3.21. The van der Waals surface area contributed by atoms with Gasteiger partial charge < -0.3 is 10.2 Å². The number of hydrogen-bond donors (Lipinski definition) is 1. The number of anilines is 1. The van der Waals surface area contributed by atoms with E-state index in [1.807, 2.05) is 54.6 Å². The number of hydrogen-bond acceptors (Lipinski definition) is 2. The summed E-state index contributed by atoms with van der Waals surface area (Å²) in [7, 11) is 0. The van der Waals surface area contributed by atoms with E-state index in [0.717, 1.165) is 11.1 Å². The van der Waals surface area contributed by atoms with Crippen molar-refractivity contribution in [3.8, 4) is 0 Å². The molecule has 0 aliphatic carbocycles. The molecule has 1 aliphatic rings. The largest absolute Gasteiger partial charge is 0.361 e. The van der Waals surface area contributed by atoms with Crippen molar-refractivity contribution in [1.82, 2.24) is 4.90 Å². The van der Waals surface area contributed by atoms with Crippen LogP contribution >= 0.6 is 0 Å². The molecule has 0 fully saturated rings. The second-order valence-electron chi connectivity index (χ2n) is 6.06. The summed E-state index contributed by atoms with van der Waals surface area (Å²) in [5.41, 5.74) is 3.29. The minimum Gasteiger partial charge on any atom is -0.361 e. The molecule has 0 radical (unpaired) electrons. The van der Waals surface area contributed by atoms with Crippen molar-refractivity contribution in [1.29, 1.82) is 0 Å². The predicted molar refractivity (Wildman–Crippen MR) is 95.5 cm³/mol. The van der Waals surface area contributed by atoms with E-state index in [0.29, 0.717) is 17.8 Å². The quantitative estimate of drug-likeness (QED) is 0.758. The van der Waals surface area contributed by atoms with Crippen molar-refractivity contribution >= 4 is 11.6 Å². The van der Waals surface area contributed by atoms with Gasteiger partial charge in [0, 0.05) is 23.4 Å². The second-order valence-corrected chi connectivity index (χ2v) is 6.06. The van der Waals surface area contributed by atoms with Gasteiger partial charge in [-0.15, -0.1) is 0 Å². The molecule has 3 aromatic rings. The highest BCUT2D eigenvalue weighted by molar-refractivity contribution is 5.99. The maximum absolute atomic E-state index is 13.5. The molecule has 0 spiro atoms. The van der Waals surface area contributed by atoms with Crippen molar-refractivity contribution < 1.29 is 9.18 Å². The lowest BCUT2D eigenvalue weighted by atomic mass is 10.1. The van der Waals surface area contributed by atoms with E-state index in [1.54, 1.807) is 17.0 Å². The Labute approximate surface area is 145 Å². The normalized spacial score (nSPS) is 16.0. The minimum atomic E-state index is -0.328. The summed E-state index contributed by atoms with van der Waals surface area (Å²) in [5.74, 6) is -0.328. The molecular formula is C21H17FN2O. The third-order valence-corrected chi connectivity index (χ3v) is 4.38. The minimum absolute atomic E-state index is 0.0200. The second kappa shape index (κ2) is 6.40. The maximum Gasteiger partial charge on any atom is 0.256 e.